The van der Waals surface area contributed by atoms with E-state index in [9.17, 15) is 14.7 Å². The number of aliphatic hydroxyl groups is 1. The molecule has 0 aliphatic heterocycles. The van der Waals surface area contributed by atoms with Crippen LogP contribution in [0.1, 0.15) is 39.5 Å². The Morgan fingerprint density at radius 2 is 2.08 bits per heavy atom. The van der Waals surface area contributed by atoms with Crippen molar-refractivity contribution in [2.45, 2.75) is 39.5 Å². The molecule has 0 aromatic heterocycles. The number of carbonyl (C=O) groups is 2. The largest absolute Gasteiger partial charge is 0.396 e. The number of hydrogen-bond acceptors (Lipinski definition) is 3. The smallest absolute Gasteiger partial charge is 0.178 e. The first-order valence-electron chi connectivity index (χ1n) is 9.70. The van der Waals surface area contributed by atoms with E-state index in [-0.39, 0.29) is 46.7 Å². The Hall–Kier alpha value is -1.19. The molecule has 0 heterocycles. The van der Waals surface area contributed by atoms with E-state index in [0.717, 1.165) is 31.3 Å². The Bertz CT molecular complexity index is 748. The highest BCUT2D eigenvalue weighted by molar-refractivity contribution is 6.28. The molecule has 0 spiro atoms. The fraction of sp³-hybridized carbons (Fsp3) is 0.636. The summed E-state index contributed by atoms with van der Waals surface area (Å²) in [5.41, 5.74) is 2.13. The molecule has 0 bridgehead atoms. The van der Waals surface area contributed by atoms with Crippen LogP contribution in [0.5, 0.6) is 0 Å². The first kappa shape index (κ1) is 18.2. The van der Waals surface area contributed by atoms with E-state index >= 15 is 0 Å². The normalized spacial score (nSPS) is 43.9. The minimum atomic E-state index is -0.278. The SMILES string of the molecule is C[C@]12C=CC(=O)C=C1[C@@H](CO)C[C@@H]1C2=CC[C@]2(C)[C@@H](C(=O)CCl)CC[C@@H]12. The topological polar surface area (TPSA) is 54.4 Å². The number of ketones is 2. The standard InChI is InChI=1S/C22H27ClO3/c1-21-8-6-17-15(16(21)3-4-18(21)20(26)11-23)9-13(12-24)19-10-14(25)5-7-22(17,19)2/h5-7,10,13,15-16,18,24H,3-4,8-9,11-12H2,1-2H3/t13-,15+,16+,18-,21+,22-/m1/s1. The summed E-state index contributed by atoms with van der Waals surface area (Å²) in [6.07, 6.45) is 11.5. The summed E-state index contributed by atoms with van der Waals surface area (Å²) >= 11 is 5.89. The Kier molecular flexibility index (Phi) is 4.32. The number of carbonyl (C=O) groups excluding carboxylic acids is 2. The maximum atomic E-state index is 12.4. The van der Waals surface area contributed by atoms with Gasteiger partial charge in [0.2, 0.25) is 0 Å². The molecule has 2 fully saturated rings. The molecule has 4 heteroatoms. The third kappa shape index (κ3) is 2.36. The molecule has 0 amide bonds. The Morgan fingerprint density at radius 1 is 1.31 bits per heavy atom. The van der Waals surface area contributed by atoms with E-state index in [4.69, 9.17) is 11.6 Å². The Balaban J connectivity index is 1.77. The lowest BCUT2D eigenvalue weighted by atomic mass is 9.50. The maximum Gasteiger partial charge on any atom is 0.178 e. The zero-order chi connectivity index (χ0) is 18.7. The van der Waals surface area contributed by atoms with Crippen molar-refractivity contribution in [1.82, 2.24) is 0 Å². The molecular weight excluding hydrogens is 348 g/mol. The molecule has 4 aliphatic rings. The van der Waals surface area contributed by atoms with Crippen molar-refractivity contribution in [3.8, 4) is 0 Å². The molecule has 2 saturated carbocycles. The molecule has 26 heavy (non-hydrogen) atoms. The average Bonchev–Trinajstić information content (AvgIpc) is 2.98. The van der Waals surface area contributed by atoms with E-state index in [2.05, 4.69) is 19.9 Å². The van der Waals surface area contributed by atoms with Crippen LogP contribution in [0.4, 0.5) is 0 Å². The maximum absolute atomic E-state index is 12.4. The zero-order valence-corrected chi connectivity index (χ0v) is 16.3. The summed E-state index contributed by atoms with van der Waals surface area (Å²) in [7, 11) is 0. The number of allylic oxidation sites excluding steroid dienone is 5. The van der Waals surface area contributed by atoms with Crippen LogP contribution in [-0.2, 0) is 9.59 Å². The highest BCUT2D eigenvalue weighted by atomic mass is 35.5. The van der Waals surface area contributed by atoms with Gasteiger partial charge < -0.3 is 5.11 Å². The van der Waals surface area contributed by atoms with Crippen LogP contribution < -0.4 is 0 Å². The monoisotopic (exact) mass is 374 g/mol. The molecule has 0 aromatic carbocycles. The minimum absolute atomic E-state index is 0.0150. The molecule has 0 radical (unpaired) electrons. The molecule has 140 valence electrons. The van der Waals surface area contributed by atoms with Gasteiger partial charge in [0.15, 0.2) is 11.6 Å². The first-order valence-corrected chi connectivity index (χ1v) is 10.2. The molecule has 0 unspecified atom stereocenters. The molecule has 4 rings (SSSR count). The number of aliphatic hydroxyl groups excluding tert-OH is 1. The fourth-order valence-electron chi connectivity index (χ4n) is 6.53. The van der Waals surface area contributed by atoms with Gasteiger partial charge in [-0.25, -0.2) is 0 Å². The lowest BCUT2D eigenvalue weighted by Crippen LogP contribution is -2.47. The van der Waals surface area contributed by atoms with Crippen molar-refractivity contribution in [2.75, 3.05) is 12.5 Å². The summed E-state index contributed by atoms with van der Waals surface area (Å²) < 4.78 is 0. The number of fused-ring (bicyclic) bond motifs is 5. The number of hydrogen-bond donors (Lipinski definition) is 1. The highest BCUT2D eigenvalue weighted by Crippen LogP contribution is 2.64. The molecule has 6 atom stereocenters. The molecule has 4 aliphatic carbocycles. The van der Waals surface area contributed by atoms with E-state index in [1.54, 1.807) is 12.2 Å². The van der Waals surface area contributed by atoms with Gasteiger partial charge in [-0.3, -0.25) is 9.59 Å². The molecule has 0 saturated heterocycles. The summed E-state index contributed by atoms with van der Waals surface area (Å²) in [5.74, 6) is 1.16. The van der Waals surface area contributed by atoms with Crippen molar-refractivity contribution in [1.29, 1.82) is 0 Å². The van der Waals surface area contributed by atoms with Crippen molar-refractivity contribution in [3.63, 3.8) is 0 Å². The highest BCUT2D eigenvalue weighted by Gasteiger charge is 2.58. The van der Waals surface area contributed by atoms with Crippen molar-refractivity contribution in [2.24, 2.45) is 34.5 Å². The summed E-state index contributed by atoms with van der Waals surface area (Å²) in [5, 5.41) is 10.0. The fourth-order valence-corrected chi connectivity index (χ4v) is 6.72. The van der Waals surface area contributed by atoms with E-state index in [1.165, 1.54) is 5.57 Å². The van der Waals surface area contributed by atoms with Crippen LogP contribution >= 0.6 is 11.6 Å². The van der Waals surface area contributed by atoms with Crippen LogP contribution in [0, 0.1) is 34.5 Å². The van der Waals surface area contributed by atoms with Crippen LogP contribution in [0.3, 0.4) is 0 Å². The second-order valence-electron chi connectivity index (χ2n) is 8.97. The summed E-state index contributed by atoms with van der Waals surface area (Å²) in [4.78, 5) is 24.4. The predicted octanol–water partition coefficient (Wildman–Crippen LogP) is 3.86. The van der Waals surface area contributed by atoms with Crippen LogP contribution in [0.25, 0.3) is 0 Å². The lowest BCUT2D eigenvalue weighted by molar-refractivity contribution is -0.124. The van der Waals surface area contributed by atoms with Crippen LogP contribution in [0.2, 0.25) is 0 Å². The van der Waals surface area contributed by atoms with E-state index in [0.29, 0.717) is 11.8 Å². The van der Waals surface area contributed by atoms with Crippen molar-refractivity contribution in [3.05, 3.63) is 35.5 Å². The molecular formula is C22H27ClO3. The van der Waals surface area contributed by atoms with Gasteiger partial charge in [-0.2, -0.15) is 0 Å². The summed E-state index contributed by atoms with van der Waals surface area (Å²) in [6.45, 7) is 4.51. The summed E-state index contributed by atoms with van der Waals surface area (Å²) in [6, 6.07) is 0. The number of rotatable bonds is 3. The third-order valence-corrected chi connectivity index (χ3v) is 8.12. The minimum Gasteiger partial charge on any atom is -0.396 e. The number of Topliss-reactive ketones (excluding diaryl/α,β-unsaturated/α-hetero) is 1. The van der Waals surface area contributed by atoms with Gasteiger partial charge in [0.25, 0.3) is 0 Å². The van der Waals surface area contributed by atoms with Gasteiger partial charge in [-0.1, -0.05) is 24.6 Å². The molecule has 0 aromatic rings. The van der Waals surface area contributed by atoms with Gasteiger partial charge in [0, 0.05) is 23.9 Å². The second-order valence-corrected chi connectivity index (χ2v) is 9.23. The molecule has 3 nitrogen and oxygen atoms in total. The molecule has 1 N–H and O–H groups in total. The predicted molar refractivity (Wildman–Crippen MR) is 102 cm³/mol. The quantitative estimate of drug-likeness (QED) is 0.603. The van der Waals surface area contributed by atoms with Crippen LogP contribution in [0.15, 0.2) is 35.5 Å². The van der Waals surface area contributed by atoms with Gasteiger partial charge in [0.05, 0.1) is 5.88 Å². The Morgan fingerprint density at radius 3 is 2.77 bits per heavy atom. The van der Waals surface area contributed by atoms with E-state index < -0.39 is 0 Å². The van der Waals surface area contributed by atoms with Gasteiger partial charge in [-0.05, 0) is 67.6 Å². The zero-order valence-electron chi connectivity index (χ0n) is 15.5. The van der Waals surface area contributed by atoms with Gasteiger partial charge >= 0.3 is 0 Å². The third-order valence-electron chi connectivity index (χ3n) is 7.85. The second kappa shape index (κ2) is 6.17. The van der Waals surface area contributed by atoms with Gasteiger partial charge in [0.1, 0.15) is 0 Å². The van der Waals surface area contributed by atoms with Crippen molar-refractivity contribution >= 4 is 23.2 Å². The number of alkyl halides is 1. The van der Waals surface area contributed by atoms with Crippen molar-refractivity contribution < 1.29 is 14.7 Å². The number of halogens is 1. The van der Waals surface area contributed by atoms with E-state index in [1.807, 2.05) is 6.08 Å². The first-order chi connectivity index (χ1) is 12.3. The van der Waals surface area contributed by atoms with Crippen LogP contribution in [-0.4, -0.2) is 29.2 Å². The van der Waals surface area contributed by atoms with Gasteiger partial charge in [-0.15, -0.1) is 11.6 Å². The average molecular weight is 375 g/mol. The lowest BCUT2D eigenvalue weighted by Gasteiger charge is -2.54. The Labute approximate surface area is 160 Å².